The van der Waals surface area contributed by atoms with E-state index in [1.54, 1.807) is 24.3 Å². The molecular weight excluding hydrogens is 937 g/mol. The monoisotopic (exact) mass is 1000 g/mol. The minimum atomic E-state index is -0.612. The van der Waals surface area contributed by atoms with E-state index in [1.165, 1.54) is 24.3 Å². The molecule has 0 radical (unpaired) electrons. The number of hydrogen-bond donors (Lipinski definition) is 4. The molecule has 16 nitrogen and oxygen atoms in total. The van der Waals surface area contributed by atoms with Gasteiger partial charge in [-0.3, -0.25) is 0 Å². The zero-order valence-electron chi connectivity index (χ0n) is 43.9. The van der Waals surface area contributed by atoms with Gasteiger partial charge < -0.3 is 40.2 Å². The van der Waals surface area contributed by atoms with E-state index < -0.39 is 46.3 Å². The van der Waals surface area contributed by atoms with Gasteiger partial charge in [-0.25, -0.2) is 39.1 Å². The third kappa shape index (κ3) is 18.5. The number of carbonyl (C=O) groups excluding carboxylic acids is 4. The summed E-state index contributed by atoms with van der Waals surface area (Å²) in [6.45, 7) is 21.7. The van der Waals surface area contributed by atoms with Gasteiger partial charge in [0.2, 0.25) is 11.6 Å². The zero-order chi connectivity index (χ0) is 53.8. The van der Waals surface area contributed by atoms with Gasteiger partial charge in [0.15, 0.2) is 23.3 Å². The summed E-state index contributed by atoms with van der Waals surface area (Å²) in [5.41, 5.74) is 3.37. The van der Waals surface area contributed by atoms with E-state index in [4.69, 9.17) is 38.9 Å². The van der Waals surface area contributed by atoms with Crippen LogP contribution in [0, 0.1) is 0 Å². The number of hydrogen-bond acceptors (Lipinski definition) is 16. The maximum absolute atomic E-state index is 12.3. The van der Waals surface area contributed by atoms with Crippen LogP contribution in [0.2, 0.25) is 0 Å². The van der Waals surface area contributed by atoms with Crippen molar-refractivity contribution < 1.29 is 38.1 Å². The highest BCUT2D eigenvalue weighted by Crippen LogP contribution is 2.26. The molecule has 74 heavy (non-hydrogen) atoms. The molecule has 0 aromatic heterocycles. The molecule has 0 unspecified atom stereocenters. The number of esters is 4. The first-order chi connectivity index (χ1) is 34.7. The molecule has 2 aliphatic heterocycles. The number of nitrogens with one attached hydrogen (secondary N) is 4. The molecule has 0 spiro atoms. The third-order valence-electron chi connectivity index (χ3n) is 9.49. The van der Waals surface area contributed by atoms with E-state index in [9.17, 15) is 19.2 Å². The largest absolute Gasteiger partial charge is 0.457 e. The molecule has 0 aliphatic carbocycles. The van der Waals surface area contributed by atoms with Crippen molar-refractivity contribution in [3.63, 3.8) is 0 Å². The molecule has 384 valence electrons. The maximum Gasteiger partial charge on any atom is 0.331 e. The summed E-state index contributed by atoms with van der Waals surface area (Å²) in [6.07, 6.45) is 12.3. The fourth-order valence-electron chi connectivity index (χ4n) is 6.49. The van der Waals surface area contributed by atoms with Crippen LogP contribution in [-0.2, 0) is 38.1 Å². The molecule has 0 atom stereocenters. The average molecular weight is 1000 g/mol. The molecule has 4 aromatic rings. The van der Waals surface area contributed by atoms with Crippen LogP contribution in [0.15, 0.2) is 153 Å². The van der Waals surface area contributed by atoms with Crippen molar-refractivity contribution in [1.82, 2.24) is 0 Å². The molecule has 4 aromatic carbocycles. The third-order valence-corrected chi connectivity index (χ3v) is 9.49. The Morgan fingerprint density at radius 1 is 0.324 bits per heavy atom. The van der Waals surface area contributed by atoms with Gasteiger partial charge in [-0.05, 0) is 178 Å². The molecule has 0 amide bonds. The Morgan fingerprint density at radius 3 is 0.662 bits per heavy atom. The SMILES string of the molecule is CC(C)(C)OC(=O)/C=C/c1ccc(NC2=NC(=C3N=C(Nc4ccc(/C=C/C(=O)OC(C)(C)C)cc4)C(Nc4ccc(/C=C/C(=O)OC(C)(C)C)cc4)=N3)N=C2Nc2ccc(/C=C/C(=O)OC(C)(C)C)cc2)cc1. The normalized spacial score (nSPS) is 14.2. The van der Waals surface area contributed by atoms with Gasteiger partial charge in [0.1, 0.15) is 22.4 Å². The van der Waals surface area contributed by atoms with Crippen LogP contribution >= 0.6 is 0 Å². The highest BCUT2D eigenvalue weighted by molar-refractivity contribution is 6.51. The predicted molar refractivity (Wildman–Crippen MR) is 297 cm³/mol. The number of amidine groups is 4. The van der Waals surface area contributed by atoms with Gasteiger partial charge in [-0.1, -0.05) is 48.5 Å². The quantitative estimate of drug-likeness (QED) is 0.0595. The predicted octanol–water partition coefficient (Wildman–Crippen LogP) is 11.6. The highest BCUT2D eigenvalue weighted by Gasteiger charge is 2.26. The Labute approximate surface area is 432 Å². The summed E-state index contributed by atoms with van der Waals surface area (Å²) < 4.78 is 21.6. The average Bonchev–Trinajstić information content (AvgIpc) is 3.88. The van der Waals surface area contributed by atoms with Crippen molar-refractivity contribution in [3.8, 4) is 0 Å². The van der Waals surface area contributed by atoms with Gasteiger partial charge in [0.05, 0.1) is 0 Å². The summed E-state index contributed by atoms with van der Waals surface area (Å²) in [4.78, 5) is 68.9. The molecule has 4 N–H and O–H groups in total. The standard InChI is InChI=1S/C58H64N8O8/c1-55(2,3)71-45(67)33-21-37-13-25-41(26-14-37)59-49-50(60-42-27-15-38(16-28-42)22-34-46(68)72-56(4,5)6)64-53(63-49)54-65-51(61-43-29-17-39(18-30-43)23-35-47(69)73-57(7,8)9)52(66-54)62-44-31-19-40(20-32-44)24-36-48(70)74-58(10,11)12/h13-36H,1-12H3,(H,59,63)(H,60,64)(H,61,65)(H,62,66)/b33-21+,34-22+,35-23+,36-24+. The van der Waals surface area contributed by atoms with Crippen LogP contribution in [0.1, 0.15) is 105 Å². The molecule has 0 saturated carbocycles. The second-order valence-electron chi connectivity index (χ2n) is 20.9. The lowest BCUT2D eigenvalue weighted by molar-refractivity contribution is -0.149. The number of rotatable bonds is 12. The van der Waals surface area contributed by atoms with Gasteiger partial charge in [-0.15, -0.1) is 0 Å². The Morgan fingerprint density at radius 2 is 0.500 bits per heavy atom. The summed E-state index contributed by atoms with van der Waals surface area (Å²) in [6, 6.07) is 29.6. The molecular formula is C58H64N8O8. The molecule has 2 aliphatic rings. The van der Waals surface area contributed by atoms with Crippen molar-refractivity contribution in [2.24, 2.45) is 20.0 Å². The van der Waals surface area contributed by atoms with E-state index in [1.807, 2.05) is 180 Å². The van der Waals surface area contributed by atoms with Crippen LogP contribution < -0.4 is 21.3 Å². The molecule has 6 rings (SSSR count). The lowest BCUT2D eigenvalue weighted by Gasteiger charge is -2.17. The van der Waals surface area contributed by atoms with Crippen LogP contribution in [0.5, 0.6) is 0 Å². The first-order valence-corrected chi connectivity index (χ1v) is 23.9. The van der Waals surface area contributed by atoms with Crippen LogP contribution in [0.3, 0.4) is 0 Å². The summed E-state index contributed by atoms with van der Waals surface area (Å²) in [7, 11) is 0. The van der Waals surface area contributed by atoms with E-state index in [0.717, 1.165) is 22.3 Å². The van der Waals surface area contributed by atoms with Crippen molar-refractivity contribution in [1.29, 1.82) is 0 Å². The van der Waals surface area contributed by atoms with Gasteiger partial charge in [-0.2, -0.15) is 0 Å². The zero-order valence-corrected chi connectivity index (χ0v) is 43.9. The second kappa shape index (κ2) is 23.3. The number of ether oxygens (including phenoxy) is 4. The van der Waals surface area contributed by atoms with Gasteiger partial charge in [0.25, 0.3) is 0 Å². The maximum atomic E-state index is 12.3. The number of anilines is 4. The van der Waals surface area contributed by atoms with Gasteiger partial charge >= 0.3 is 23.9 Å². The Bertz CT molecular complexity index is 2600. The Hall–Kier alpha value is -8.66. The molecule has 0 bridgehead atoms. The van der Waals surface area contributed by atoms with Crippen molar-refractivity contribution in [2.75, 3.05) is 21.3 Å². The molecule has 0 fully saturated rings. The van der Waals surface area contributed by atoms with Crippen LogP contribution in [-0.4, -0.2) is 69.6 Å². The molecule has 2 heterocycles. The topological polar surface area (TPSA) is 203 Å². The lowest BCUT2D eigenvalue weighted by Crippen LogP contribution is -2.27. The number of nitrogens with zero attached hydrogens (tertiary/aromatic N) is 4. The summed E-state index contributed by atoms with van der Waals surface area (Å²) >= 11 is 0. The fraction of sp³-hybridized carbons (Fsp3) is 0.276. The number of carbonyl (C=O) groups is 4. The number of aliphatic imine (C=N–C) groups is 4. The van der Waals surface area contributed by atoms with E-state index in [-0.39, 0.29) is 11.6 Å². The van der Waals surface area contributed by atoms with E-state index >= 15 is 0 Å². The fourth-order valence-corrected chi connectivity index (χ4v) is 6.49. The highest BCUT2D eigenvalue weighted by atomic mass is 16.6. The van der Waals surface area contributed by atoms with Crippen molar-refractivity contribution >= 4 is 94.3 Å². The van der Waals surface area contributed by atoms with Crippen molar-refractivity contribution in [2.45, 2.75) is 105 Å². The van der Waals surface area contributed by atoms with Crippen molar-refractivity contribution in [3.05, 3.63) is 155 Å². The van der Waals surface area contributed by atoms with Crippen LogP contribution in [0.4, 0.5) is 22.7 Å². The lowest BCUT2D eigenvalue weighted by atomic mass is 10.1. The summed E-state index contributed by atoms with van der Waals surface area (Å²) in [5, 5.41) is 13.5. The van der Waals surface area contributed by atoms with E-state index in [2.05, 4.69) is 21.3 Å². The Kier molecular flexibility index (Phi) is 17.2. The number of benzene rings is 4. The Balaban J connectivity index is 1.32. The first kappa shape index (κ1) is 54.7. The molecule has 0 saturated heterocycles. The first-order valence-electron chi connectivity index (χ1n) is 23.9. The summed E-state index contributed by atoms with van der Waals surface area (Å²) in [5.74, 6) is 0.0774. The van der Waals surface area contributed by atoms with Crippen LogP contribution in [0.25, 0.3) is 24.3 Å². The van der Waals surface area contributed by atoms with E-state index in [0.29, 0.717) is 46.1 Å². The minimum Gasteiger partial charge on any atom is -0.457 e. The molecule has 16 heteroatoms. The van der Waals surface area contributed by atoms with Gasteiger partial charge in [0, 0.05) is 47.1 Å². The second-order valence-corrected chi connectivity index (χ2v) is 20.9. The smallest absolute Gasteiger partial charge is 0.331 e. The minimum absolute atomic E-state index is 0.199.